The number of ether oxygens (including phenoxy) is 1. The summed E-state index contributed by atoms with van der Waals surface area (Å²) in [5, 5.41) is 12.9. The Morgan fingerprint density at radius 3 is 2.83 bits per heavy atom. The molecule has 122 valence electrons. The van der Waals surface area contributed by atoms with Crippen molar-refractivity contribution in [2.75, 3.05) is 12.4 Å². The summed E-state index contributed by atoms with van der Waals surface area (Å²) < 4.78 is 5.55. The molecule has 3 atom stereocenters. The lowest BCUT2D eigenvalue weighted by molar-refractivity contribution is 0.0696. The van der Waals surface area contributed by atoms with E-state index in [-0.39, 0.29) is 12.0 Å². The molecule has 0 saturated carbocycles. The smallest absolute Gasteiger partial charge is 0.335 e. The summed E-state index contributed by atoms with van der Waals surface area (Å²) in [7, 11) is 1.69. The first-order valence-electron chi connectivity index (χ1n) is 8.12. The Labute approximate surface area is 140 Å². The number of para-hydroxylation sites is 1. The highest BCUT2D eigenvalue weighted by atomic mass is 16.5. The molecule has 4 rings (SSSR count). The number of methoxy groups -OCH3 is 1. The predicted molar refractivity (Wildman–Crippen MR) is 92.7 cm³/mol. The van der Waals surface area contributed by atoms with Crippen LogP contribution in [0, 0.1) is 5.92 Å². The zero-order chi connectivity index (χ0) is 16.7. The van der Waals surface area contributed by atoms with Gasteiger partial charge >= 0.3 is 5.97 Å². The van der Waals surface area contributed by atoms with E-state index in [0.29, 0.717) is 11.5 Å². The van der Waals surface area contributed by atoms with Gasteiger partial charge < -0.3 is 15.2 Å². The van der Waals surface area contributed by atoms with Crippen molar-refractivity contribution < 1.29 is 14.6 Å². The van der Waals surface area contributed by atoms with Crippen molar-refractivity contribution in [2.24, 2.45) is 5.92 Å². The summed E-state index contributed by atoms with van der Waals surface area (Å²) in [5.41, 5.74) is 3.56. The van der Waals surface area contributed by atoms with Gasteiger partial charge in [0.15, 0.2) is 0 Å². The van der Waals surface area contributed by atoms with Crippen LogP contribution in [0.4, 0.5) is 5.69 Å². The first kappa shape index (κ1) is 14.8. The predicted octanol–water partition coefficient (Wildman–Crippen LogP) is 4.22. The van der Waals surface area contributed by atoms with E-state index in [9.17, 15) is 9.90 Å². The van der Waals surface area contributed by atoms with Crippen LogP contribution in [0.25, 0.3) is 0 Å². The number of nitrogens with one attached hydrogen (secondary N) is 1. The minimum atomic E-state index is -0.886. The van der Waals surface area contributed by atoms with Crippen LogP contribution in [0.5, 0.6) is 5.75 Å². The first-order chi connectivity index (χ1) is 11.7. The molecule has 0 fully saturated rings. The number of carbonyl (C=O) groups is 1. The Hall–Kier alpha value is -2.75. The summed E-state index contributed by atoms with van der Waals surface area (Å²) in [6.45, 7) is 0. The van der Waals surface area contributed by atoms with Gasteiger partial charge in [-0.15, -0.1) is 0 Å². The van der Waals surface area contributed by atoms with Crippen LogP contribution in [0.2, 0.25) is 0 Å². The highest BCUT2D eigenvalue weighted by Crippen LogP contribution is 2.51. The van der Waals surface area contributed by atoms with E-state index in [4.69, 9.17) is 4.74 Å². The minimum Gasteiger partial charge on any atom is -0.496 e. The fourth-order valence-electron chi connectivity index (χ4n) is 3.96. The van der Waals surface area contributed by atoms with Gasteiger partial charge in [-0.05, 0) is 42.2 Å². The molecule has 2 N–H and O–H groups in total. The summed E-state index contributed by atoms with van der Waals surface area (Å²) in [5.74, 6) is 0.586. The maximum Gasteiger partial charge on any atom is 0.335 e. The number of hydrogen-bond acceptors (Lipinski definition) is 3. The lowest BCUT2D eigenvalue weighted by Gasteiger charge is -2.38. The van der Waals surface area contributed by atoms with E-state index in [0.717, 1.165) is 29.0 Å². The second-order valence-corrected chi connectivity index (χ2v) is 6.32. The van der Waals surface area contributed by atoms with Gasteiger partial charge in [-0.3, -0.25) is 0 Å². The third-order valence-electron chi connectivity index (χ3n) is 5.08. The summed E-state index contributed by atoms with van der Waals surface area (Å²) in [6, 6.07) is 13.6. The average Bonchev–Trinajstić information content (AvgIpc) is 3.10. The molecule has 1 aliphatic carbocycles. The molecule has 24 heavy (non-hydrogen) atoms. The lowest BCUT2D eigenvalue weighted by Crippen LogP contribution is -2.29. The van der Waals surface area contributed by atoms with E-state index < -0.39 is 5.97 Å². The average molecular weight is 321 g/mol. The van der Waals surface area contributed by atoms with Crippen LogP contribution >= 0.6 is 0 Å². The van der Waals surface area contributed by atoms with Crippen molar-refractivity contribution in [2.45, 2.75) is 18.4 Å². The van der Waals surface area contributed by atoms with Crippen molar-refractivity contribution >= 4 is 11.7 Å². The van der Waals surface area contributed by atoms with Gasteiger partial charge in [0.25, 0.3) is 0 Å². The van der Waals surface area contributed by atoms with E-state index in [2.05, 4.69) is 23.5 Å². The van der Waals surface area contributed by atoms with Gasteiger partial charge in [0.2, 0.25) is 0 Å². The highest BCUT2D eigenvalue weighted by Gasteiger charge is 2.39. The number of allylic oxidation sites excluding steroid dienone is 2. The molecule has 1 heterocycles. The first-order valence-corrected chi connectivity index (χ1v) is 8.12. The number of fused-ring (bicyclic) bond motifs is 3. The molecule has 0 aromatic heterocycles. The molecule has 4 heteroatoms. The third-order valence-corrected chi connectivity index (χ3v) is 5.08. The SMILES string of the molecule is COc1ccccc1[C@@H]1Nc2ccc(C(=O)O)cc2[C@@H]2C=CC[C@H]21. The number of carboxylic acid groups (broad SMARTS) is 1. The van der Waals surface area contributed by atoms with Crippen molar-refractivity contribution in [1.82, 2.24) is 0 Å². The van der Waals surface area contributed by atoms with E-state index >= 15 is 0 Å². The number of hydrogen-bond donors (Lipinski definition) is 2. The van der Waals surface area contributed by atoms with Crippen LogP contribution in [-0.2, 0) is 0 Å². The molecular formula is C20H19NO3. The van der Waals surface area contributed by atoms with Crippen molar-refractivity contribution in [3.05, 3.63) is 71.3 Å². The van der Waals surface area contributed by atoms with Gasteiger partial charge in [-0.2, -0.15) is 0 Å². The minimum absolute atomic E-state index is 0.143. The second-order valence-electron chi connectivity index (χ2n) is 6.32. The Morgan fingerprint density at radius 1 is 1.21 bits per heavy atom. The van der Waals surface area contributed by atoms with Gasteiger partial charge in [-0.1, -0.05) is 30.4 Å². The fraction of sp³-hybridized carbons (Fsp3) is 0.250. The maximum absolute atomic E-state index is 11.3. The second kappa shape index (κ2) is 5.71. The number of rotatable bonds is 3. The number of carboxylic acids is 1. The topological polar surface area (TPSA) is 58.6 Å². The standard InChI is InChI=1S/C20H19NO3/c1-24-18-8-3-2-5-15(18)19-14-7-4-6-13(14)16-11-12(20(22)23)9-10-17(16)21-19/h2-6,8-11,13-14,19,21H,7H2,1H3,(H,22,23)/t13-,14-,19-/m1/s1. The van der Waals surface area contributed by atoms with Crippen molar-refractivity contribution in [1.29, 1.82) is 0 Å². The monoisotopic (exact) mass is 321 g/mol. The maximum atomic E-state index is 11.3. The molecule has 2 aliphatic rings. The Morgan fingerprint density at radius 2 is 2.04 bits per heavy atom. The summed E-state index contributed by atoms with van der Waals surface area (Å²) in [6.07, 6.45) is 5.37. The Bertz CT molecular complexity index is 827. The molecule has 2 aromatic rings. The molecule has 0 saturated heterocycles. The van der Waals surface area contributed by atoms with Gasteiger partial charge in [0, 0.05) is 17.2 Å². The molecule has 0 bridgehead atoms. The van der Waals surface area contributed by atoms with Crippen LogP contribution < -0.4 is 10.1 Å². The molecule has 0 amide bonds. The lowest BCUT2D eigenvalue weighted by atomic mass is 9.76. The molecule has 1 aliphatic heterocycles. The van der Waals surface area contributed by atoms with E-state index in [1.165, 1.54) is 0 Å². The van der Waals surface area contributed by atoms with Crippen LogP contribution in [-0.4, -0.2) is 18.2 Å². The quantitative estimate of drug-likeness (QED) is 0.831. The van der Waals surface area contributed by atoms with E-state index in [1.807, 2.05) is 24.3 Å². The van der Waals surface area contributed by atoms with E-state index in [1.54, 1.807) is 19.2 Å². The molecule has 0 spiro atoms. The van der Waals surface area contributed by atoms with Crippen LogP contribution in [0.15, 0.2) is 54.6 Å². The molecule has 0 radical (unpaired) electrons. The molecular weight excluding hydrogens is 302 g/mol. The largest absolute Gasteiger partial charge is 0.496 e. The zero-order valence-electron chi connectivity index (χ0n) is 13.4. The third kappa shape index (κ3) is 2.26. The normalized spacial score (nSPS) is 24.0. The molecule has 0 unspecified atom stereocenters. The molecule has 2 aromatic carbocycles. The van der Waals surface area contributed by atoms with Crippen LogP contribution in [0.1, 0.15) is 39.9 Å². The van der Waals surface area contributed by atoms with Crippen LogP contribution in [0.3, 0.4) is 0 Å². The van der Waals surface area contributed by atoms with Gasteiger partial charge in [0.1, 0.15) is 5.75 Å². The number of benzene rings is 2. The number of anilines is 1. The van der Waals surface area contributed by atoms with Crippen molar-refractivity contribution in [3.63, 3.8) is 0 Å². The number of aromatic carboxylic acids is 1. The summed E-state index contributed by atoms with van der Waals surface area (Å²) >= 11 is 0. The zero-order valence-corrected chi connectivity index (χ0v) is 13.4. The summed E-state index contributed by atoms with van der Waals surface area (Å²) in [4.78, 5) is 11.3. The Balaban J connectivity index is 1.80. The van der Waals surface area contributed by atoms with Gasteiger partial charge in [-0.25, -0.2) is 4.79 Å². The van der Waals surface area contributed by atoms with Crippen molar-refractivity contribution in [3.8, 4) is 5.75 Å². The fourth-order valence-corrected chi connectivity index (χ4v) is 3.96. The van der Waals surface area contributed by atoms with Gasteiger partial charge in [0.05, 0.1) is 18.7 Å². The highest BCUT2D eigenvalue weighted by molar-refractivity contribution is 5.89. The Kier molecular flexibility index (Phi) is 3.53. The molecule has 4 nitrogen and oxygen atoms in total.